The predicted molar refractivity (Wildman–Crippen MR) is 44.3 cm³/mol. The van der Waals surface area contributed by atoms with Crippen molar-refractivity contribution in [3.05, 3.63) is 17.7 Å². The lowest BCUT2D eigenvalue weighted by Gasteiger charge is -2.14. The summed E-state index contributed by atoms with van der Waals surface area (Å²) in [5.74, 6) is -1.31. The number of nitrogens with zero attached hydrogens (tertiary/aromatic N) is 2. The number of halogens is 1. The van der Waals surface area contributed by atoms with E-state index in [0.29, 0.717) is 0 Å². The van der Waals surface area contributed by atoms with Crippen LogP contribution < -0.4 is 0 Å². The molecule has 0 aromatic carbocycles. The molecule has 0 unspecified atom stereocenters. The van der Waals surface area contributed by atoms with Crippen molar-refractivity contribution < 1.29 is 14.3 Å². The minimum Gasteiger partial charge on any atom is -0.475 e. The highest BCUT2D eigenvalue weighted by Crippen LogP contribution is 2.24. The van der Waals surface area contributed by atoms with Crippen LogP contribution in [0, 0.1) is 0 Å². The Balaban J connectivity index is 3.22. The SMILES string of the molecule is Cn1c(C(C)(C)F)cnc1C(=O)O. The maximum absolute atomic E-state index is 13.4. The normalized spacial score (nSPS) is 11.7. The number of carboxylic acid groups (broad SMARTS) is 1. The smallest absolute Gasteiger partial charge is 0.372 e. The summed E-state index contributed by atoms with van der Waals surface area (Å²) in [4.78, 5) is 14.2. The zero-order valence-corrected chi connectivity index (χ0v) is 7.71. The van der Waals surface area contributed by atoms with Crippen molar-refractivity contribution in [3.8, 4) is 0 Å². The Morgan fingerprint density at radius 2 is 2.23 bits per heavy atom. The number of alkyl halides is 1. The summed E-state index contributed by atoms with van der Waals surface area (Å²) in [6.45, 7) is 2.71. The average Bonchev–Trinajstić information content (AvgIpc) is 2.28. The van der Waals surface area contributed by atoms with Gasteiger partial charge >= 0.3 is 5.97 Å². The molecule has 0 aliphatic carbocycles. The van der Waals surface area contributed by atoms with Crippen LogP contribution in [-0.4, -0.2) is 20.6 Å². The largest absolute Gasteiger partial charge is 0.475 e. The fourth-order valence-corrected chi connectivity index (χ4v) is 1.16. The molecule has 0 saturated carbocycles. The van der Waals surface area contributed by atoms with E-state index in [4.69, 9.17) is 5.11 Å². The summed E-state index contributed by atoms with van der Waals surface area (Å²) in [7, 11) is 1.48. The molecule has 1 rings (SSSR count). The van der Waals surface area contributed by atoms with Crippen molar-refractivity contribution >= 4 is 5.97 Å². The van der Waals surface area contributed by atoms with Crippen molar-refractivity contribution in [1.82, 2.24) is 9.55 Å². The van der Waals surface area contributed by atoms with Gasteiger partial charge in [-0.1, -0.05) is 0 Å². The van der Waals surface area contributed by atoms with Crippen LogP contribution in [0.3, 0.4) is 0 Å². The molecule has 1 aromatic rings. The second kappa shape index (κ2) is 2.83. The maximum Gasteiger partial charge on any atom is 0.372 e. The molecule has 1 heterocycles. The highest BCUT2D eigenvalue weighted by Gasteiger charge is 2.25. The van der Waals surface area contributed by atoms with Crippen LogP contribution in [-0.2, 0) is 12.7 Å². The molecule has 0 saturated heterocycles. The van der Waals surface area contributed by atoms with E-state index in [1.54, 1.807) is 0 Å². The van der Waals surface area contributed by atoms with Crippen LogP contribution in [0.5, 0.6) is 0 Å². The standard InChI is InChI=1S/C8H11FN2O2/c1-8(2,9)5-4-10-6(7(12)13)11(5)3/h4H,1-3H3,(H,12,13). The zero-order valence-electron chi connectivity index (χ0n) is 7.71. The second-order valence-electron chi connectivity index (χ2n) is 3.30. The molecular weight excluding hydrogens is 175 g/mol. The third-order valence-electron chi connectivity index (χ3n) is 1.79. The molecule has 0 radical (unpaired) electrons. The molecule has 0 aliphatic rings. The third kappa shape index (κ3) is 1.68. The number of hydrogen-bond acceptors (Lipinski definition) is 2. The Labute approximate surface area is 75.0 Å². The Kier molecular flexibility index (Phi) is 2.11. The van der Waals surface area contributed by atoms with Crippen LogP contribution in [0.25, 0.3) is 0 Å². The van der Waals surface area contributed by atoms with E-state index in [1.165, 1.54) is 31.7 Å². The summed E-state index contributed by atoms with van der Waals surface area (Å²) < 4.78 is 14.6. The average molecular weight is 186 g/mol. The molecule has 72 valence electrons. The number of imidazole rings is 1. The van der Waals surface area contributed by atoms with E-state index in [2.05, 4.69) is 4.98 Å². The molecular formula is C8H11FN2O2. The highest BCUT2D eigenvalue weighted by molar-refractivity contribution is 5.83. The van der Waals surface area contributed by atoms with Gasteiger partial charge in [0.05, 0.1) is 11.9 Å². The fourth-order valence-electron chi connectivity index (χ4n) is 1.16. The molecule has 0 amide bonds. The first-order chi connectivity index (χ1) is 5.84. The molecule has 4 nitrogen and oxygen atoms in total. The summed E-state index contributed by atoms with van der Waals surface area (Å²) >= 11 is 0. The molecule has 0 spiro atoms. The van der Waals surface area contributed by atoms with Crippen molar-refractivity contribution in [3.63, 3.8) is 0 Å². The Bertz CT molecular complexity index is 338. The van der Waals surface area contributed by atoms with Crippen molar-refractivity contribution in [2.75, 3.05) is 0 Å². The van der Waals surface area contributed by atoms with Gasteiger partial charge in [-0.05, 0) is 13.8 Å². The molecule has 1 N–H and O–H groups in total. The van der Waals surface area contributed by atoms with Crippen LogP contribution in [0.4, 0.5) is 4.39 Å². The van der Waals surface area contributed by atoms with E-state index in [9.17, 15) is 9.18 Å². The number of carbonyl (C=O) groups is 1. The first-order valence-electron chi connectivity index (χ1n) is 3.78. The third-order valence-corrected chi connectivity index (χ3v) is 1.79. The Morgan fingerprint density at radius 1 is 1.69 bits per heavy atom. The van der Waals surface area contributed by atoms with Gasteiger partial charge in [-0.3, -0.25) is 0 Å². The van der Waals surface area contributed by atoms with Gasteiger partial charge in [0.2, 0.25) is 5.82 Å². The lowest BCUT2D eigenvalue weighted by Crippen LogP contribution is -2.16. The zero-order chi connectivity index (χ0) is 10.2. The quantitative estimate of drug-likeness (QED) is 0.757. The number of aromatic nitrogens is 2. The summed E-state index contributed by atoms with van der Waals surface area (Å²) in [5.41, 5.74) is -1.32. The van der Waals surface area contributed by atoms with Crippen LogP contribution in [0.2, 0.25) is 0 Å². The van der Waals surface area contributed by atoms with Crippen molar-refractivity contribution in [2.45, 2.75) is 19.5 Å². The van der Waals surface area contributed by atoms with Crippen LogP contribution in [0.15, 0.2) is 6.20 Å². The lowest BCUT2D eigenvalue weighted by molar-refractivity contribution is 0.0678. The van der Waals surface area contributed by atoms with Crippen molar-refractivity contribution in [1.29, 1.82) is 0 Å². The number of hydrogen-bond donors (Lipinski definition) is 1. The van der Waals surface area contributed by atoms with Crippen LogP contribution in [0.1, 0.15) is 30.2 Å². The summed E-state index contributed by atoms with van der Waals surface area (Å²) in [6, 6.07) is 0. The Morgan fingerprint density at radius 3 is 2.46 bits per heavy atom. The van der Waals surface area contributed by atoms with E-state index >= 15 is 0 Å². The van der Waals surface area contributed by atoms with E-state index in [1.807, 2.05) is 0 Å². The first-order valence-corrected chi connectivity index (χ1v) is 3.78. The molecule has 5 heteroatoms. The molecule has 0 atom stereocenters. The predicted octanol–water partition coefficient (Wildman–Crippen LogP) is 1.32. The number of rotatable bonds is 2. The molecule has 0 fully saturated rings. The van der Waals surface area contributed by atoms with Gasteiger partial charge in [-0.25, -0.2) is 14.2 Å². The maximum atomic E-state index is 13.4. The number of aromatic carboxylic acids is 1. The van der Waals surface area contributed by atoms with Gasteiger partial charge in [0.1, 0.15) is 5.67 Å². The lowest BCUT2D eigenvalue weighted by atomic mass is 10.1. The summed E-state index contributed by atoms with van der Waals surface area (Å²) in [5, 5.41) is 8.64. The number of carboxylic acids is 1. The minimum atomic E-state index is -1.57. The second-order valence-corrected chi connectivity index (χ2v) is 3.30. The van der Waals surface area contributed by atoms with Gasteiger partial charge in [-0.15, -0.1) is 0 Å². The molecule has 0 aliphatic heterocycles. The van der Waals surface area contributed by atoms with Gasteiger partial charge in [-0.2, -0.15) is 0 Å². The van der Waals surface area contributed by atoms with Gasteiger partial charge in [0.25, 0.3) is 0 Å². The highest BCUT2D eigenvalue weighted by atomic mass is 19.1. The van der Waals surface area contributed by atoms with E-state index in [0.717, 1.165) is 0 Å². The minimum absolute atomic E-state index is 0.152. The Hall–Kier alpha value is -1.39. The van der Waals surface area contributed by atoms with Gasteiger partial charge in [0.15, 0.2) is 0 Å². The first kappa shape index (κ1) is 9.70. The van der Waals surface area contributed by atoms with Gasteiger partial charge < -0.3 is 9.67 Å². The molecule has 1 aromatic heterocycles. The monoisotopic (exact) mass is 186 g/mol. The molecule has 13 heavy (non-hydrogen) atoms. The van der Waals surface area contributed by atoms with Crippen molar-refractivity contribution in [2.24, 2.45) is 7.05 Å². The van der Waals surface area contributed by atoms with Gasteiger partial charge in [0, 0.05) is 7.05 Å². The fraction of sp³-hybridized carbons (Fsp3) is 0.500. The summed E-state index contributed by atoms with van der Waals surface area (Å²) in [6.07, 6.45) is 1.24. The topological polar surface area (TPSA) is 55.1 Å². The van der Waals surface area contributed by atoms with Crippen LogP contribution >= 0.6 is 0 Å². The van der Waals surface area contributed by atoms with E-state index < -0.39 is 11.6 Å². The van der Waals surface area contributed by atoms with E-state index in [-0.39, 0.29) is 11.5 Å². The molecule has 0 bridgehead atoms.